The summed E-state index contributed by atoms with van der Waals surface area (Å²) in [5.74, 6) is 1.65. The predicted octanol–water partition coefficient (Wildman–Crippen LogP) is 1.60. The topological polar surface area (TPSA) is 58.4 Å². The second-order valence-corrected chi connectivity index (χ2v) is 7.01. The molecule has 4 heteroatoms. The first-order valence-electron chi connectivity index (χ1n) is 8.28. The molecule has 0 spiro atoms. The Hall–Kier alpha value is -0.610. The molecule has 0 aromatic heterocycles. The fraction of sp³-hybridized carbons (Fsp3) is 0.938. The van der Waals surface area contributed by atoms with E-state index >= 15 is 0 Å². The van der Waals surface area contributed by atoms with Gasteiger partial charge < -0.3 is 16.0 Å². The lowest BCUT2D eigenvalue weighted by Gasteiger charge is -2.32. The third-order valence-corrected chi connectivity index (χ3v) is 5.19. The average molecular weight is 281 g/mol. The van der Waals surface area contributed by atoms with Crippen molar-refractivity contribution in [3.8, 4) is 0 Å². The van der Waals surface area contributed by atoms with Gasteiger partial charge in [-0.1, -0.05) is 6.92 Å². The van der Waals surface area contributed by atoms with E-state index in [0.717, 1.165) is 31.7 Å². The van der Waals surface area contributed by atoms with Crippen LogP contribution in [0.4, 0.5) is 0 Å². The minimum atomic E-state index is 0.0382. The Morgan fingerprint density at radius 3 is 2.65 bits per heavy atom. The van der Waals surface area contributed by atoms with Crippen LogP contribution in [0.15, 0.2) is 0 Å². The highest BCUT2D eigenvalue weighted by Gasteiger charge is 2.31. The van der Waals surface area contributed by atoms with Crippen molar-refractivity contribution in [2.24, 2.45) is 23.5 Å². The Morgan fingerprint density at radius 1 is 1.25 bits per heavy atom. The molecule has 0 radical (unpaired) electrons. The highest BCUT2D eigenvalue weighted by molar-refractivity contribution is 5.79. The SMILES string of the molecule is CC1CCC(N)C(C(=O)NCCC2CCN(C)CC2)C1. The van der Waals surface area contributed by atoms with E-state index in [-0.39, 0.29) is 17.9 Å². The monoisotopic (exact) mass is 281 g/mol. The zero-order valence-electron chi connectivity index (χ0n) is 13.1. The smallest absolute Gasteiger partial charge is 0.224 e. The van der Waals surface area contributed by atoms with E-state index in [1.54, 1.807) is 0 Å². The number of likely N-dealkylation sites (tertiary alicyclic amines) is 1. The number of amides is 1. The normalized spacial score (nSPS) is 33.0. The Balaban J connectivity index is 1.67. The van der Waals surface area contributed by atoms with Gasteiger partial charge in [0.2, 0.25) is 5.91 Å². The van der Waals surface area contributed by atoms with Gasteiger partial charge >= 0.3 is 0 Å². The van der Waals surface area contributed by atoms with Gasteiger partial charge in [0.05, 0.1) is 5.92 Å². The zero-order chi connectivity index (χ0) is 14.5. The van der Waals surface area contributed by atoms with Crippen molar-refractivity contribution in [3.63, 3.8) is 0 Å². The minimum absolute atomic E-state index is 0.0382. The fourth-order valence-electron chi connectivity index (χ4n) is 3.59. The number of carbonyl (C=O) groups is 1. The van der Waals surface area contributed by atoms with Crippen LogP contribution in [-0.4, -0.2) is 43.5 Å². The molecule has 116 valence electrons. The molecule has 2 fully saturated rings. The molecule has 3 unspecified atom stereocenters. The van der Waals surface area contributed by atoms with Crippen LogP contribution in [0.25, 0.3) is 0 Å². The fourth-order valence-corrected chi connectivity index (χ4v) is 3.59. The number of hydrogen-bond donors (Lipinski definition) is 2. The molecular formula is C16H31N3O. The molecule has 1 aliphatic carbocycles. The van der Waals surface area contributed by atoms with Crippen LogP contribution in [0.3, 0.4) is 0 Å². The molecule has 1 saturated carbocycles. The maximum Gasteiger partial charge on any atom is 0.224 e. The second kappa shape index (κ2) is 7.41. The average Bonchev–Trinajstić information content (AvgIpc) is 2.43. The Bertz CT molecular complexity index is 313. The Morgan fingerprint density at radius 2 is 1.95 bits per heavy atom. The van der Waals surface area contributed by atoms with Crippen LogP contribution in [-0.2, 0) is 4.79 Å². The van der Waals surface area contributed by atoms with Crippen molar-refractivity contribution in [2.75, 3.05) is 26.7 Å². The van der Waals surface area contributed by atoms with E-state index in [9.17, 15) is 4.79 Å². The molecule has 0 aromatic rings. The summed E-state index contributed by atoms with van der Waals surface area (Å²) >= 11 is 0. The van der Waals surface area contributed by atoms with Gasteiger partial charge in [-0.3, -0.25) is 4.79 Å². The van der Waals surface area contributed by atoms with Crippen molar-refractivity contribution in [2.45, 2.75) is 51.5 Å². The van der Waals surface area contributed by atoms with E-state index in [1.807, 2.05) is 0 Å². The molecule has 1 amide bonds. The summed E-state index contributed by atoms with van der Waals surface area (Å²) in [5.41, 5.74) is 6.11. The van der Waals surface area contributed by atoms with E-state index in [4.69, 9.17) is 5.73 Å². The molecule has 2 rings (SSSR count). The largest absolute Gasteiger partial charge is 0.356 e. The number of piperidine rings is 1. The third-order valence-electron chi connectivity index (χ3n) is 5.19. The molecule has 0 bridgehead atoms. The molecule has 0 aromatic carbocycles. The third kappa shape index (κ3) is 4.45. The zero-order valence-corrected chi connectivity index (χ0v) is 13.1. The second-order valence-electron chi connectivity index (χ2n) is 7.01. The van der Waals surface area contributed by atoms with Crippen molar-refractivity contribution in [3.05, 3.63) is 0 Å². The number of nitrogens with one attached hydrogen (secondary N) is 1. The Kier molecular flexibility index (Phi) is 5.85. The van der Waals surface area contributed by atoms with Crippen LogP contribution in [0.1, 0.15) is 45.4 Å². The van der Waals surface area contributed by atoms with Crippen molar-refractivity contribution in [1.82, 2.24) is 10.2 Å². The van der Waals surface area contributed by atoms with Crippen LogP contribution < -0.4 is 11.1 Å². The van der Waals surface area contributed by atoms with Gasteiger partial charge in [-0.15, -0.1) is 0 Å². The lowest BCUT2D eigenvalue weighted by Crippen LogP contribution is -2.45. The van der Waals surface area contributed by atoms with Gasteiger partial charge in [-0.05, 0) is 70.5 Å². The highest BCUT2D eigenvalue weighted by Crippen LogP contribution is 2.28. The molecule has 1 heterocycles. The minimum Gasteiger partial charge on any atom is -0.356 e. The summed E-state index contributed by atoms with van der Waals surface area (Å²) in [6.07, 6.45) is 6.78. The maximum atomic E-state index is 12.2. The van der Waals surface area contributed by atoms with E-state index in [1.165, 1.54) is 32.4 Å². The van der Waals surface area contributed by atoms with Crippen LogP contribution >= 0.6 is 0 Å². The summed E-state index contributed by atoms with van der Waals surface area (Å²) in [4.78, 5) is 14.6. The molecule has 3 atom stereocenters. The standard InChI is InChI=1S/C16H31N3O/c1-12-3-4-15(17)14(11-12)16(20)18-8-5-13-6-9-19(2)10-7-13/h12-15H,3-11,17H2,1-2H3,(H,18,20). The van der Waals surface area contributed by atoms with Gasteiger partial charge in [0, 0.05) is 12.6 Å². The van der Waals surface area contributed by atoms with Crippen LogP contribution in [0, 0.1) is 17.8 Å². The summed E-state index contributed by atoms with van der Waals surface area (Å²) < 4.78 is 0. The first kappa shape index (κ1) is 15.8. The summed E-state index contributed by atoms with van der Waals surface area (Å²) in [6.45, 7) is 5.45. The van der Waals surface area contributed by atoms with E-state index < -0.39 is 0 Å². The molecule has 1 aliphatic heterocycles. The van der Waals surface area contributed by atoms with E-state index in [2.05, 4.69) is 24.2 Å². The highest BCUT2D eigenvalue weighted by atomic mass is 16.1. The van der Waals surface area contributed by atoms with Crippen molar-refractivity contribution in [1.29, 1.82) is 0 Å². The molecule has 1 saturated heterocycles. The van der Waals surface area contributed by atoms with Gasteiger partial charge in [0.15, 0.2) is 0 Å². The van der Waals surface area contributed by atoms with Gasteiger partial charge in [0.1, 0.15) is 0 Å². The summed E-state index contributed by atoms with van der Waals surface area (Å²) in [7, 11) is 2.18. The summed E-state index contributed by atoms with van der Waals surface area (Å²) in [5, 5.41) is 3.13. The lowest BCUT2D eigenvalue weighted by atomic mass is 9.78. The molecular weight excluding hydrogens is 250 g/mol. The summed E-state index contributed by atoms with van der Waals surface area (Å²) in [6, 6.07) is 0.0644. The van der Waals surface area contributed by atoms with E-state index in [0.29, 0.717) is 5.92 Å². The first-order valence-corrected chi connectivity index (χ1v) is 8.28. The molecule has 20 heavy (non-hydrogen) atoms. The van der Waals surface area contributed by atoms with Gasteiger partial charge in [-0.25, -0.2) is 0 Å². The molecule has 2 aliphatic rings. The number of hydrogen-bond acceptors (Lipinski definition) is 3. The first-order chi connectivity index (χ1) is 9.56. The van der Waals surface area contributed by atoms with Gasteiger partial charge in [-0.2, -0.15) is 0 Å². The van der Waals surface area contributed by atoms with Crippen LogP contribution in [0.2, 0.25) is 0 Å². The van der Waals surface area contributed by atoms with Crippen molar-refractivity contribution < 1.29 is 4.79 Å². The number of carbonyl (C=O) groups excluding carboxylic acids is 1. The number of nitrogens with zero attached hydrogens (tertiary/aromatic N) is 1. The molecule has 3 N–H and O–H groups in total. The number of rotatable bonds is 4. The lowest BCUT2D eigenvalue weighted by molar-refractivity contribution is -0.127. The Labute approximate surface area is 123 Å². The molecule has 4 nitrogen and oxygen atoms in total. The quantitative estimate of drug-likeness (QED) is 0.823. The van der Waals surface area contributed by atoms with Crippen LogP contribution in [0.5, 0.6) is 0 Å². The predicted molar refractivity (Wildman–Crippen MR) is 82.3 cm³/mol. The van der Waals surface area contributed by atoms with Gasteiger partial charge in [0.25, 0.3) is 0 Å². The maximum absolute atomic E-state index is 12.2. The number of nitrogens with two attached hydrogens (primary N) is 1. The van der Waals surface area contributed by atoms with Crippen molar-refractivity contribution >= 4 is 5.91 Å².